The Hall–Kier alpha value is -2.98. The average Bonchev–Trinajstić information content (AvgIpc) is 2.78. The van der Waals surface area contributed by atoms with Crippen molar-refractivity contribution >= 4 is 33.4 Å². The fraction of sp³-hybridized carbons (Fsp3) is 0.364. The number of nitrogens with one attached hydrogen (secondary N) is 1. The van der Waals surface area contributed by atoms with Gasteiger partial charge in [0.05, 0.1) is 16.9 Å². The molecule has 1 aliphatic rings. The Kier molecular flexibility index (Phi) is 7.47. The topological polar surface area (TPSA) is 90.0 Å². The van der Waals surface area contributed by atoms with Gasteiger partial charge in [0.15, 0.2) is 0 Å². The molecule has 1 heterocycles. The minimum Gasteiger partial charge on any atom is -0.339 e. The number of rotatable bonds is 7. The lowest BCUT2D eigenvalue weighted by atomic mass is 10.1. The second-order valence-corrected chi connectivity index (χ2v) is 9.79. The largest absolute Gasteiger partial charge is 0.339 e. The van der Waals surface area contributed by atoms with E-state index in [1.807, 2.05) is 0 Å². The predicted molar refractivity (Wildman–Crippen MR) is 121 cm³/mol. The summed E-state index contributed by atoms with van der Waals surface area (Å²) in [7, 11) is -1.34. The molecule has 0 atom stereocenters. The first-order chi connectivity index (χ1) is 15.2. The Morgan fingerprint density at radius 1 is 1.00 bits per heavy atom. The first-order valence-corrected chi connectivity index (χ1v) is 11.7. The van der Waals surface area contributed by atoms with Crippen molar-refractivity contribution < 1.29 is 22.4 Å². The van der Waals surface area contributed by atoms with Gasteiger partial charge >= 0.3 is 10.2 Å². The van der Waals surface area contributed by atoms with Gasteiger partial charge in [0.1, 0.15) is 12.4 Å². The summed E-state index contributed by atoms with van der Waals surface area (Å²) >= 11 is 0. The summed E-state index contributed by atoms with van der Waals surface area (Å²) in [5.74, 6) is -1.32. The Bertz CT molecular complexity index is 1070. The number of piperidine rings is 1. The molecule has 2 amide bonds. The Morgan fingerprint density at radius 3 is 2.25 bits per heavy atom. The molecular weight excluding hydrogens is 435 g/mol. The van der Waals surface area contributed by atoms with Crippen molar-refractivity contribution in [1.82, 2.24) is 9.21 Å². The zero-order chi connectivity index (χ0) is 23.3. The quantitative estimate of drug-likeness (QED) is 0.685. The number of likely N-dealkylation sites (tertiary alicyclic amines) is 1. The van der Waals surface area contributed by atoms with Crippen LogP contribution >= 0.6 is 0 Å². The number of halogens is 1. The number of para-hydroxylation sites is 1. The van der Waals surface area contributed by atoms with E-state index < -0.39 is 28.5 Å². The molecule has 2 aromatic carbocycles. The number of benzene rings is 2. The minimum atomic E-state index is -4.03. The molecule has 3 rings (SSSR count). The second kappa shape index (κ2) is 10.1. The van der Waals surface area contributed by atoms with E-state index in [1.54, 1.807) is 29.2 Å². The van der Waals surface area contributed by atoms with E-state index in [4.69, 9.17) is 0 Å². The molecule has 0 spiro atoms. The minimum absolute atomic E-state index is 0.146. The van der Waals surface area contributed by atoms with E-state index in [9.17, 15) is 22.4 Å². The highest BCUT2D eigenvalue weighted by Gasteiger charge is 2.28. The molecule has 0 saturated carbocycles. The summed E-state index contributed by atoms with van der Waals surface area (Å²) in [4.78, 5) is 27.6. The summed E-state index contributed by atoms with van der Waals surface area (Å²) < 4.78 is 40.8. The molecule has 32 heavy (non-hydrogen) atoms. The summed E-state index contributed by atoms with van der Waals surface area (Å²) in [5.41, 5.74) is 0.814. The van der Waals surface area contributed by atoms with Gasteiger partial charge in [0, 0.05) is 27.2 Å². The highest BCUT2D eigenvalue weighted by Crippen LogP contribution is 2.22. The van der Waals surface area contributed by atoms with Gasteiger partial charge in [-0.3, -0.25) is 9.59 Å². The lowest BCUT2D eigenvalue weighted by Gasteiger charge is -2.28. The van der Waals surface area contributed by atoms with E-state index in [-0.39, 0.29) is 11.6 Å². The zero-order valence-corrected chi connectivity index (χ0v) is 18.9. The van der Waals surface area contributed by atoms with E-state index >= 15 is 0 Å². The van der Waals surface area contributed by atoms with Crippen molar-refractivity contribution in [2.24, 2.45) is 0 Å². The van der Waals surface area contributed by atoms with Gasteiger partial charge in [0.25, 0.3) is 5.91 Å². The van der Waals surface area contributed by atoms with Gasteiger partial charge in [-0.25, -0.2) is 8.70 Å². The number of hydrogen-bond acceptors (Lipinski definition) is 4. The summed E-state index contributed by atoms with van der Waals surface area (Å²) in [5, 5.41) is 2.67. The Morgan fingerprint density at radius 2 is 1.62 bits per heavy atom. The summed E-state index contributed by atoms with van der Waals surface area (Å²) in [6.45, 7) is 0.791. The van der Waals surface area contributed by atoms with Crippen LogP contribution in [0.3, 0.4) is 0 Å². The maximum Gasteiger partial charge on any atom is 0.304 e. The van der Waals surface area contributed by atoms with Crippen LogP contribution in [0.25, 0.3) is 0 Å². The normalized spacial score (nSPS) is 14.3. The predicted octanol–water partition coefficient (Wildman–Crippen LogP) is 2.70. The third kappa shape index (κ3) is 5.43. The van der Waals surface area contributed by atoms with E-state index in [1.165, 1.54) is 26.2 Å². The van der Waals surface area contributed by atoms with Crippen molar-refractivity contribution in [2.45, 2.75) is 19.3 Å². The molecule has 1 aliphatic heterocycles. The molecule has 172 valence electrons. The maximum atomic E-state index is 13.3. The lowest BCUT2D eigenvalue weighted by molar-refractivity contribution is -0.114. The van der Waals surface area contributed by atoms with E-state index in [0.29, 0.717) is 24.3 Å². The third-order valence-electron chi connectivity index (χ3n) is 5.22. The first-order valence-electron chi connectivity index (χ1n) is 10.3. The number of amides is 2. The van der Waals surface area contributed by atoms with Crippen molar-refractivity contribution in [3.05, 3.63) is 59.9 Å². The molecule has 0 aromatic heterocycles. The SMILES string of the molecule is CN(C)S(=O)(=O)N(CC(=O)Nc1ccccc1C(=O)N1CCCCC1)c1ccc(F)cc1. The van der Waals surface area contributed by atoms with Crippen molar-refractivity contribution in [3.63, 3.8) is 0 Å². The average molecular weight is 463 g/mol. The summed E-state index contributed by atoms with van der Waals surface area (Å²) in [6.07, 6.45) is 2.96. The molecule has 1 fully saturated rings. The van der Waals surface area contributed by atoms with Gasteiger partial charge in [-0.15, -0.1) is 0 Å². The van der Waals surface area contributed by atoms with Gasteiger partial charge in [-0.1, -0.05) is 12.1 Å². The van der Waals surface area contributed by atoms with Crippen LogP contribution in [-0.2, 0) is 15.0 Å². The molecule has 0 bridgehead atoms. The van der Waals surface area contributed by atoms with Crippen LogP contribution in [-0.4, -0.2) is 63.2 Å². The first kappa shape index (κ1) is 23.7. The Labute approximate surface area is 187 Å². The summed E-state index contributed by atoms with van der Waals surface area (Å²) in [6, 6.07) is 11.5. The van der Waals surface area contributed by atoms with Crippen LogP contribution in [0.15, 0.2) is 48.5 Å². The highest BCUT2D eigenvalue weighted by molar-refractivity contribution is 7.90. The highest BCUT2D eigenvalue weighted by atomic mass is 32.2. The van der Waals surface area contributed by atoms with E-state index in [0.717, 1.165) is 40.0 Å². The molecule has 8 nitrogen and oxygen atoms in total. The van der Waals surface area contributed by atoms with Gasteiger partial charge in [0.2, 0.25) is 5.91 Å². The molecule has 10 heteroatoms. The molecule has 2 aromatic rings. The standard InChI is InChI=1S/C22H27FN4O4S/c1-25(2)32(30,31)27(18-12-10-17(23)11-13-18)16-21(28)24-20-9-5-4-8-19(20)22(29)26-14-6-3-7-15-26/h4-5,8-13H,3,6-7,14-16H2,1-2H3,(H,24,28). The molecule has 0 radical (unpaired) electrons. The van der Waals surface area contributed by atoms with Crippen LogP contribution < -0.4 is 9.62 Å². The fourth-order valence-corrected chi connectivity index (χ4v) is 4.54. The van der Waals surface area contributed by atoms with Crippen molar-refractivity contribution in [2.75, 3.05) is 43.4 Å². The molecule has 1 N–H and O–H groups in total. The Balaban J connectivity index is 1.82. The van der Waals surface area contributed by atoms with Gasteiger partial charge in [-0.05, 0) is 55.7 Å². The maximum absolute atomic E-state index is 13.3. The van der Waals surface area contributed by atoms with Crippen LogP contribution in [0.5, 0.6) is 0 Å². The number of carbonyl (C=O) groups excluding carboxylic acids is 2. The molecule has 1 saturated heterocycles. The second-order valence-electron chi connectivity index (χ2n) is 7.72. The third-order valence-corrected chi connectivity index (χ3v) is 7.04. The number of hydrogen-bond donors (Lipinski definition) is 1. The van der Waals surface area contributed by atoms with Gasteiger partial charge < -0.3 is 10.2 Å². The fourth-order valence-electron chi connectivity index (χ4n) is 3.48. The molecule has 0 aliphatic carbocycles. The number of nitrogens with zero attached hydrogens (tertiary/aromatic N) is 3. The van der Waals surface area contributed by atoms with Crippen molar-refractivity contribution in [1.29, 1.82) is 0 Å². The molecule has 0 unspecified atom stereocenters. The number of anilines is 2. The number of carbonyl (C=O) groups is 2. The smallest absolute Gasteiger partial charge is 0.304 e. The van der Waals surface area contributed by atoms with Gasteiger partial charge in [-0.2, -0.15) is 12.7 Å². The zero-order valence-electron chi connectivity index (χ0n) is 18.1. The van der Waals surface area contributed by atoms with Crippen molar-refractivity contribution in [3.8, 4) is 0 Å². The van der Waals surface area contributed by atoms with Crippen LogP contribution in [0.2, 0.25) is 0 Å². The van der Waals surface area contributed by atoms with Crippen LogP contribution in [0, 0.1) is 5.82 Å². The monoisotopic (exact) mass is 462 g/mol. The van der Waals surface area contributed by atoms with Crippen LogP contribution in [0.1, 0.15) is 29.6 Å². The van der Waals surface area contributed by atoms with Crippen LogP contribution in [0.4, 0.5) is 15.8 Å². The van der Waals surface area contributed by atoms with E-state index in [2.05, 4.69) is 5.32 Å². The molecular formula is C22H27FN4O4S. The lowest BCUT2D eigenvalue weighted by Crippen LogP contribution is -2.44.